The van der Waals surface area contributed by atoms with E-state index in [2.05, 4.69) is 30.1 Å². The third-order valence-corrected chi connectivity index (χ3v) is 8.72. The number of nitrogens with one attached hydrogen (secondary N) is 1. The Morgan fingerprint density at radius 2 is 1.98 bits per heavy atom. The summed E-state index contributed by atoms with van der Waals surface area (Å²) in [6.07, 6.45) is -1.77. The van der Waals surface area contributed by atoms with Gasteiger partial charge < -0.3 is 34.8 Å². The van der Waals surface area contributed by atoms with Crippen LogP contribution in [-0.4, -0.2) is 124 Å². The molecule has 13 nitrogen and oxygen atoms in total. The molecular weight excluding hydrogens is 614 g/mol. The summed E-state index contributed by atoms with van der Waals surface area (Å²) in [6, 6.07) is 14.7. The summed E-state index contributed by atoms with van der Waals surface area (Å²) in [5.41, 5.74) is 2.28. The largest absolute Gasteiger partial charge is 0.483 e. The number of rotatable bonds is 9. The fourth-order valence-electron chi connectivity index (χ4n) is 6.07. The molecule has 4 heterocycles. The van der Waals surface area contributed by atoms with Gasteiger partial charge in [0.25, 0.3) is 5.91 Å². The molecule has 2 aromatic carbocycles. The maximum Gasteiger partial charge on any atom is 0.301 e. The van der Waals surface area contributed by atoms with Crippen LogP contribution in [0.1, 0.15) is 18.9 Å². The van der Waals surface area contributed by atoms with Crippen molar-refractivity contribution in [3.05, 3.63) is 54.4 Å². The first kappa shape index (κ1) is 32.5. The topological polar surface area (TPSA) is 160 Å². The zero-order valence-electron chi connectivity index (χ0n) is 25.8. The second-order valence-electron chi connectivity index (χ2n) is 11.9. The quantitative estimate of drug-likeness (QED) is 0.310. The van der Waals surface area contributed by atoms with Crippen LogP contribution in [-0.2, 0) is 9.53 Å². The summed E-state index contributed by atoms with van der Waals surface area (Å²) in [5.74, 6) is -3.63. The van der Waals surface area contributed by atoms with Gasteiger partial charge in [-0.25, -0.2) is 18.7 Å². The predicted octanol–water partition coefficient (Wildman–Crippen LogP) is 2.03. The Morgan fingerprint density at radius 3 is 2.64 bits per heavy atom. The van der Waals surface area contributed by atoms with Crippen LogP contribution in [0.2, 0.25) is 0 Å². The first-order valence-corrected chi connectivity index (χ1v) is 15.5. The number of hydrogen-bond acceptors (Lipinski definition) is 12. The number of aromatic nitrogens is 3. The zero-order chi connectivity index (χ0) is 33.1. The Hall–Kier alpha value is -4.49. The maximum atomic E-state index is 14.9. The molecule has 0 saturated carbocycles. The van der Waals surface area contributed by atoms with Gasteiger partial charge in [0, 0.05) is 49.5 Å². The number of piperazine rings is 1. The smallest absolute Gasteiger partial charge is 0.301 e. The highest BCUT2D eigenvalue weighted by Crippen LogP contribution is 2.34. The molecule has 3 N–H and O–H groups in total. The Bertz CT molecular complexity index is 1620. The SMILES string of the molecule is CC(O)C(=O)N1CC[C@H](Oc2ccc(-c3ncnc(Nc4ccc(N5CCN(C6COC6)[C@@H](CO)C5)cc4)n3)cc2C#N)C(F)(F)C1. The summed E-state index contributed by atoms with van der Waals surface area (Å²) in [4.78, 5) is 30.4. The number of nitrogens with zero attached hydrogens (tertiary/aromatic N) is 7. The summed E-state index contributed by atoms with van der Waals surface area (Å²) in [6.45, 7) is 4.28. The lowest BCUT2D eigenvalue weighted by atomic mass is 10.0. The highest BCUT2D eigenvalue weighted by Gasteiger charge is 2.48. The van der Waals surface area contributed by atoms with Crippen molar-refractivity contribution in [1.29, 1.82) is 5.26 Å². The predicted molar refractivity (Wildman–Crippen MR) is 166 cm³/mol. The molecule has 3 atom stereocenters. The standard InChI is InChI=1S/C32H36F2N8O5/c1-20(44)30(45)41-9-8-28(32(33,34)18-41)47-27-7-2-21(12-22(27)13-35)29-36-19-37-31(39-29)38-23-3-5-24(6-4-23)40-10-11-42(25(14-40)15-43)26-16-46-17-26/h2-7,12,19-20,25-26,28,43-44H,8-11,14-18H2,1H3,(H,36,37,38,39)/t20?,25-,28+/m1/s1. The zero-order valence-corrected chi connectivity index (χ0v) is 25.8. The van der Waals surface area contributed by atoms with E-state index in [9.17, 15) is 29.1 Å². The van der Waals surface area contributed by atoms with Gasteiger partial charge in [-0.3, -0.25) is 9.69 Å². The Labute approximate surface area is 270 Å². The van der Waals surface area contributed by atoms with Gasteiger partial charge >= 0.3 is 5.92 Å². The van der Waals surface area contributed by atoms with Crippen molar-refractivity contribution in [3.8, 4) is 23.2 Å². The van der Waals surface area contributed by atoms with E-state index in [1.165, 1.54) is 25.4 Å². The second kappa shape index (κ2) is 13.7. The number of amides is 1. The van der Waals surface area contributed by atoms with Crippen molar-refractivity contribution in [3.63, 3.8) is 0 Å². The lowest BCUT2D eigenvalue weighted by Crippen LogP contribution is -2.62. The highest BCUT2D eigenvalue weighted by atomic mass is 19.3. The molecule has 47 heavy (non-hydrogen) atoms. The number of ether oxygens (including phenoxy) is 2. The molecule has 1 aromatic heterocycles. The molecule has 0 bridgehead atoms. The number of halogens is 2. The molecule has 0 radical (unpaired) electrons. The minimum atomic E-state index is -3.39. The average Bonchev–Trinajstić information content (AvgIpc) is 3.05. The molecule has 1 unspecified atom stereocenters. The molecule has 3 fully saturated rings. The normalized spacial score (nSPS) is 22.2. The van der Waals surface area contributed by atoms with E-state index >= 15 is 0 Å². The molecule has 248 valence electrons. The number of benzene rings is 2. The van der Waals surface area contributed by atoms with Crippen molar-refractivity contribution in [2.45, 2.75) is 43.6 Å². The van der Waals surface area contributed by atoms with E-state index in [1.54, 1.807) is 6.07 Å². The number of hydrogen-bond donors (Lipinski definition) is 3. The Kier molecular flexibility index (Phi) is 9.46. The summed E-state index contributed by atoms with van der Waals surface area (Å²) < 4.78 is 40.7. The van der Waals surface area contributed by atoms with Crippen LogP contribution in [0.3, 0.4) is 0 Å². The van der Waals surface area contributed by atoms with Crippen LogP contribution in [0, 0.1) is 11.3 Å². The molecule has 0 aliphatic carbocycles. The van der Waals surface area contributed by atoms with E-state index in [4.69, 9.17) is 9.47 Å². The number of nitriles is 1. The van der Waals surface area contributed by atoms with E-state index in [1.807, 2.05) is 30.3 Å². The van der Waals surface area contributed by atoms with Gasteiger partial charge in [-0.1, -0.05) is 0 Å². The van der Waals surface area contributed by atoms with Crippen LogP contribution in [0.25, 0.3) is 11.4 Å². The van der Waals surface area contributed by atoms with E-state index in [0.29, 0.717) is 24.8 Å². The summed E-state index contributed by atoms with van der Waals surface area (Å²) >= 11 is 0. The summed E-state index contributed by atoms with van der Waals surface area (Å²) in [7, 11) is 0. The van der Waals surface area contributed by atoms with E-state index in [-0.39, 0.29) is 48.7 Å². The minimum Gasteiger partial charge on any atom is -0.483 e. The number of alkyl halides is 2. The molecule has 3 aromatic rings. The van der Waals surface area contributed by atoms with Gasteiger partial charge in [-0.2, -0.15) is 10.2 Å². The van der Waals surface area contributed by atoms with Gasteiger partial charge in [0.05, 0.1) is 44.0 Å². The van der Waals surface area contributed by atoms with Gasteiger partial charge in [0.2, 0.25) is 5.95 Å². The monoisotopic (exact) mass is 650 g/mol. The molecule has 15 heteroatoms. The van der Waals surface area contributed by atoms with Gasteiger partial charge in [0.15, 0.2) is 11.9 Å². The number of carbonyl (C=O) groups excluding carboxylic acids is 1. The molecule has 6 rings (SSSR count). The number of aliphatic hydroxyl groups is 2. The molecular formula is C32H36F2N8O5. The Morgan fingerprint density at radius 1 is 1.19 bits per heavy atom. The number of piperidine rings is 1. The average molecular weight is 651 g/mol. The molecule has 1 amide bonds. The fraction of sp³-hybridized carbons (Fsp3) is 0.469. The molecule has 3 aliphatic heterocycles. The number of aliphatic hydroxyl groups excluding tert-OH is 2. The summed E-state index contributed by atoms with van der Waals surface area (Å²) in [5, 5.41) is 32.4. The van der Waals surface area contributed by atoms with Crippen LogP contribution < -0.4 is 15.0 Å². The van der Waals surface area contributed by atoms with Crippen molar-refractivity contribution in [2.24, 2.45) is 0 Å². The second-order valence-corrected chi connectivity index (χ2v) is 11.9. The van der Waals surface area contributed by atoms with Crippen molar-refractivity contribution >= 4 is 23.2 Å². The lowest BCUT2D eigenvalue weighted by Gasteiger charge is -2.47. The van der Waals surface area contributed by atoms with Crippen LogP contribution in [0.15, 0.2) is 48.8 Å². The van der Waals surface area contributed by atoms with Gasteiger partial charge in [-0.15, -0.1) is 0 Å². The molecule has 3 saturated heterocycles. The van der Waals surface area contributed by atoms with Gasteiger partial charge in [-0.05, 0) is 49.4 Å². The minimum absolute atomic E-state index is 0.00886. The first-order valence-electron chi connectivity index (χ1n) is 15.5. The third kappa shape index (κ3) is 7.10. The fourth-order valence-corrected chi connectivity index (χ4v) is 6.07. The van der Waals surface area contributed by atoms with E-state index in [0.717, 1.165) is 35.9 Å². The number of anilines is 3. The Balaban J connectivity index is 1.10. The van der Waals surface area contributed by atoms with Crippen molar-refractivity contribution in [1.82, 2.24) is 24.8 Å². The van der Waals surface area contributed by atoms with Crippen LogP contribution >= 0.6 is 0 Å². The maximum absolute atomic E-state index is 14.9. The van der Waals surface area contributed by atoms with Crippen molar-refractivity contribution in [2.75, 3.05) is 62.8 Å². The van der Waals surface area contributed by atoms with Crippen molar-refractivity contribution < 1.29 is 33.3 Å². The lowest BCUT2D eigenvalue weighted by molar-refractivity contribution is -0.165. The molecule has 3 aliphatic rings. The first-order chi connectivity index (χ1) is 22.6. The van der Waals surface area contributed by atoms with E-state index < -0.39 is 30.6 Å². The highest BCUT2D eigenvalue weighted by molar-refractivity contribution is 5.80. The van der Waals surface area contributed by atoms with Crippen LogP contribution in [0.4, 0.5) is 26.1 Å². The third-order valence-electron chi connectivity index (χ3n) is 8.72. The van der Waals surface area contributed by atoms with Gasteiger partial charge in [0.1, 0.15) is 24.3 Å². The number of likely N-dealkylation sites (tertiary alicyclic amines) is 1. The number of carbonyl (C=O) groups is 1. The van der Waals surface area contributed by atoms with Crippen LogP contribution in [0.5, 0.6) is 5.75 Å². The molecule has 0 spiro atoms.